The lowest BCUT2D eigenvalue weighted by Crippen LogP contribution is -2.26. The minimum absolute atomic E-state index is 0.0491. The van der Waals surface area contributed by atoms with Crippen LogP contribution in [0.25, 0.3) is 0 Å². The van der Waals surface area contributed by atoms with E-state index in [1.807, 2.05) is 60.7 Å². The Labute approximate surface area is 345 Å². The van der Waals surface area contributed by atoms with E-state index in [0.29, 0.717) is 40.3 Å². The van der Waals surface area contributed by atoms with E-state index in [9.17, 15) is 9.59 Å². The summed E-state index contributed by atoms with van der Waals surface area (Å²) in [6, 6.07) is 30.3. The van der Waals surface area contributed by atoms with E-state index >= 15 is 0 Å². The second-order valence-corrected chi connectivity index (χ2v) is 16.3. The number of ether oxygens (including phenoxy) is 4. The number of benzene rings is 4. The van der Waals surface area contributed by atoms with Crippen molar-refractivity contribution in [1.82, 2.24) is 0 Å². The zero-order valence-electron chi connectivity index (χ0n) is 34.6. The Morgan fingerprint density at radius 3 is 1.55 bits per heavy atom. The normalized spacial score (nSPS) is 19.4. The molecule has 0 atom stereocenters. The SMILES string of the molecule is CCCCCC1CCC(C(=O)Oc2ccc(N=Nc3ccc(OC(=O)C4CCC(CCCCC)CC4)c(OCc4ccccc4)c3OCc3ccccc3)cc2)CC1. The van der Waals surface area contributed by atoms with Crippen LogP contribution in [0.5, 0.6) is 23.0 Å². The number of nitrogens with zero attached hydrogens (tertiary/aromatic N) is 2. The van der Waals surface area contributed by atoms with Crippen molar-refractivity contribution in [3.05, 3.63) is 108 Å². The molecule has 0 aliphatic heterocycles. The minimum Gasteiger partial charge on any atom is -0.483 e. The van der Waals surface area contributed by atoms with Crippen LogP contribution in [0.2, 0.25) is 0 Å². The molecular weight excluding hydrogens is 725 g/mol. The number of carbonyl (C=O) groups is 2. The molecule has 2 aliphatic rings. The topological polar surface area (TPSA) is 95.8 Å². The largest absolute Gasteiger partial charge is 0.483 e. The number of azo groups is 1. The summed E-state index contributed by atoms with van der Waals surface area (Å²) in [6.45, 7) is 4.95. The van der Waals surface area contributed by atoms with Gasteiger partial charge in [-0.05, 0) is 111 Å². The highest BCUT2D eigenvalue weighted by atomic mass is 16.6. The molecule has 308 valence electrons. The monoisotopic (exact) mass is 786 g/mol. The summed E-state index contributed by atoms with van der Waals surface area (Å²) in [4.78, 5) is 26.7. The summed E-state index contributed by atoms with van der Waals surface area (Å²) in [6.07, 6.45) is 17.8. The Kier molecular flexibility index (Phi) is 16.8. The lowest BCUT2D eigenvalue weighted by Gasteiger charge is -2.27. The van der Waals surface area contributed by atoms with E-state index in [1.165, 1.54) is 51.4 Å². The van der Waals surface area contributed by atoms with Crippen molar-refractivity contribution in [2.45, 2.75) is 130 Å². The molecule has 58 heavy (non-hydrogen) atoms. The molecule has 0 saturated heterocycles. The molecule has 0 unspecified atom stereocenters. The van der Waals surface area contributed by atoms with Crippen molar-refractivity contribution >= 4 is 23.3 Å². The van der Waals surface area contributed by atoms with Crippen LogP contribution in [-0.2, 0) is 22.8 Å². The zero-order chi connectivity index (χ0) is 40.4. The van der Waals surface area contributed by atoms with Crippen molar-refractivity contribution in [3.8, 4) is 23.0 Å². The van der Waals surface area contributed by atoms with Crippen LogP contribution in [0.15, 0.2) is 107 Å². The number of hydrogen-bond acceptors (Lipinski definition) is 8. The van der Waals surface area contributed by atoms with Crippen LogP contribution in [0.4, 0.5) is 11.4 Å². The molecule has 4 aromatic rings. The molecule has 0 bridgehead atoms. The number of esters is 2. The first-order valence-corrected chi connectivity index (χ1v) is 21.9. The van der Waals surface area contributed by atoms with Gasteiger partial charge in [0.15, 0.2) is 11.5 Å². The summed E-state index contributed by atoms with van der Waals surface area (Å²) in [5, 5.41) is 9.16. The first-order chi connectivity index (χ1) is 28.5. The predicted molar refractivity (Wildman–Crippen MR) is 229 cm³/mol. The molecular formula is C50H62N2O6. The Morgan fingerprint density at radius 2 is 1.03 bits per heavy atom. The van der Waals surface area contributed by atoms with Gasteiger partial charge in [-0.2, -0.15) is 5.11 Å². The van der Waals surface area contributed by atoms with Gasteiger partial charge in [-0.1, -0.05) is 126 Å². The highest BCUT2D eigenvalue weighted by molar-refractivity contribution is 5.78. The molecule has 0 radical (unpaired) electrons. The molecule has 8 heteroatoms. The van der Waals surface area contributed by atoms with Crippen molar-refractivity contribution in [2.75, 3.05) is 0 Å². The van der Waals surface area contributed by atoms with E-state index < -0.39 is 0 Å². The summed E-state index contributed by atoms with van der Waals surface area (Å²) in [5.74, 6) is 2.24. The summed E-state index contributed by atoms with van der Waals surface area (Å²) in [7, 11) is 0. The van der Waals surface area contributed by atoms with Crippen molar-refractivity contribution in [3.63, 3.8) is 0 Å². The van der Waals surface area contributed by atoms with Gasteiger partial charge in [0.25, 0.3) is 0 Å². The molecule has 2 aliphatic carbocycles. The van der Waals surface area contributed by atoms with Crippen LogP contribution >= 0.6 is 0 Å². The van der Waals surface area contributed by atoms with Gasteiger partial charge in [0.2, 0.25) is 5.75 Å². The Morgan fingerprint density at radius 1 is 0.534 bits per heavy atom. The second kappa shape index (κ2) is 22.8. The first kappa shape index (κ1) is 42.6. The number of hydrogen-bond donors (Lipinski definition) is 0. The van der Waals surface area contributed by atoms with Gasteiger partial charge in [-0.25, -0.2) is 0 Å². The lowest BCUT2D eigenvalue weighted by atomic mass is 9.80. The molecule has 0 heterocycles. The second-order valence-electron chi connectivity index (χ2n) is 16.3. The molecule has 6 rings (SSSR count). The number of unbranched alkanes of at least 4 members (excludes halogenated alkanes) is 4. The highest BCUT2D eigenvalue weighted by Crippen LogP contribution is 2.47. The standard InChI is InChI=1S/C50H62N2O6/c1-3-5-9-15-37-21-25-41(26-22-37)49(53)57-44-31-29-43(30-32-44)51-52-45-33-34-46(58-50(54)42-27-23-38(24-28-42)16-10-6-4-2)48(56-36-40-19-13-8-14-20-40)47(45)55-35-39-17-11-7-12-18-39/h7-8,11-14,17-20,29-34,37-38,41-42H,3-6,9-10,15-16,21-28,35-36H2,1-2H3. The van der Waals surface area contributed by atoms with E-state index in [-0.39, 0.29) is 37.0 Å². The molecule has 0 N–H and O–H groups in total. The summed E-state index contributed by atoms with van der Waals surface area (Å²) >= 11 is 0. The van der Waals surface area contributed by atoms with Gasteiger partial charge < -0.3 is 18.9 Å². The summed E-state index contributed by atoms with van der Waals surface area (Å²) in [5.41, 5.74) is 2.92. The maximum Gasteiger partial charge on any atom is 0.314 e. The van der Waals surface area contributed by atoms with Gasteiger partial charge >= 0.3 is 11.9 Å². The first-order valence-electron chi connectivity index (χ1n) is 21.9. The predicted octanol–water partition coefficient (Wildman–Crippen LogP) is 13.8. The maximum absolute atomic E-state index is 13.7. The lowest BCUT2D eigenvalue weighted by molar-refractivity contribution is -0.141. The molecule has 4 aromatic carbocycles. The third-order valence-corrected chi connectivity index (χ3v) is 11.8. The maximum atomic E-state index is 13.7. The quantitative estimate of drug-likeness (QED) is 0.0383. The van der Waals surface area contributed by atoms with Gasteiger partial charge in [0.05, 0.1) is 17.5 Å². The van der Waals surface area contributed by atoms with Crippen molar-refractivity contribution < 1.29 is 28.5 Å². The third kappa shape index (κ3) is 13.0. The molecule has 2 saturated carbocycles. The van der Waals surface area contributed by atoms with E-state index in [1.54, 1.807) is 36.4 Å². The van der Waals surface area contributed by atoms with Gasteiger partial charge in [0.1, 0.15) is 24.7 Å². The van der Waals surface area contributed by atoms with Crippen LogP contribution in [-0.4, -0.2) is 11.9 Å². The minimum atomic E-state index is -0.240. The Balaban J connectivity index is 1.18. The van der Waals surface area contributed by atoms with E-state index in [2.05, 4.69) is 24.1 Å². The fourth-order valence-electron chi connectivity index (χ4n) is 8.25. The van der Waals surface area contributed by atoms with E-state index in [4.69, 9.17) is 18.9 Å². The fourth-order valence-corrected chi connectivity index (χ4v) is 8.25. The zero-order valence-corrected chi connectivity index (χ0v) is 34.6. The van der Waals surface area contributed by atoms with Crippen LogP contribution < -0.4 is 18.9 Å². The van der Waals surface area contributed by atoms with Crippen LogP contribution in [0, 0.1) is 23.7 Å². The van der Waals surface area contributed by atoms with E-state index in [0.717, 1.165) is 68.4 Å². The number of rotatable bonds is 20. The Bertz CT molecular complexity index is 1860. The molecule has 8 nitrogen and oxygen atoms in total. The smallest absolute Gasteiger partial charge is 0.314 e. The van der Waals surface area contributed by atoms with Crippen LogP contribution in [0.3, 0.4) is 0 Å². The highest BCUT2D eigenvalue weighted by Gasteiger charge is 2.30. The Hall–Kier alpha value is -4.98. The third-order valence-electron chi connectivity index (χ3n) is 11.8. The molecule has 0 aromatic heterocycles. The molecule has 0 amide bonds. The van der Waals surface area contributed by atoms with Gasteiger partial charge in [-0.15, -0.1) is 5.11 Å². The number of carbonyl (C=O) groups excluding carboxylic acids is 2. The van der Waals surface area contributed by atoms with Crippen LogP contribution in [0.1, 0.15) is 128 Å². The average molecular weight is 787 g/mol. The molecule has 0 spiro atoms. The van der Waals surface area contributed by atoms with Crippen molar-refractivity contribution in [2.24, 2.45) is 33.9 Å². The fraction of sp³-hybridized carbons (Fsp3) is 0.480. The molecule has 2 fully saturated rings. The average Bonchev–Trinajstić information content (AvgIpc) is 3.26. The van der Waals surface area contributed by atoms with Crippen molar-refractivity contribution in [1.29, 1.82) is 0 Å². The van der Waals surface area contributed by atoms with Gasteiger partial charge in [0, 0.05) is 0 Å². The summed E-state index contributed by atoms with van der Waals surface area (Å²) < 4.78 is 24.9. The van der Waals surface area contributed by atoms with Gasteiger partial charge in [-0.3, -0.25) is 9.59 Å².